The Morgan fingerprint density at radius 1 is 1.50 bits per heavy atom. The van der Waals surface area contributed by atoms with Crippen molar-refractivity contribution in [2.24, 2.45) is 0 Å². The van der Waals surface area contributed by atoms with Crippen LogP contribution in [0.3, 0.4) is 0 Å². The number of H-pyrrole nitrogens is 1. The summed E-state index contributed by atoms with van der Waals surface area (Å²) in [5, 5.41) is 0. The van der Waals surface area contributed by atoms with Crippen LogP contribution in [0.2, 0.25) is 0 Å². The van der Waals surface area contributed by atoms with Crippen LogP contribution in [-0.4, -0.2) is 27.3 Å². The van der Waals surface area contributed by atoms with Crippen molar-refractivity contribution in [3.8, 4) is 0 Å². The lowest BCUT2D eigenvalue weighted by molar-refractivity contribution is -0.131. The van der Waals surface area contributed by atoms with Gasteiger partial charge in [0, 0.05) is 28.2 Å². The fraction of sp³-hybridized carbons (Fsp3) is 0.467. The second-order valence-corrected chi connectivity index (χ2v) is 6.76. The number of carbonyl (C=O) groups excluding carboxylic acids is 1. The van der Waals surface area contributed by atoms with Crippen molar-refractivity contribution in [1.29, 1.82) is 0 Å². The van der Waals surface area contributed by atoms with Crippen molar-refractivity contribution in [2.45, 2.75) is 39.2 Å². The molecule has 1 aliphatic rings. The van der Waals surface area contributed by atoms with E-state index in [1.807, 2.05) is 18.0 Å². The van der Waals surface area contributed by atoms with E-state index in [0.717, 1.165) is 35.8 Å². The summed E-state index contributed by atoms with van der Waals surface area (Å²) >= 11 is 1.71. The molecule has 20 heavy (non-hydrogen) atoms. The fourth-order valence-corrected chi connectivity index (χ4v) is 3.66. The molecule has 1 amide bonds. The predicted molar refractivity (Wildman–Crippen MR) is 79.8 cm³/mol. The first kappa shape index (κ1) is 13.4. The van der Waals surface area contributed by atoms with Gasteiger partial charge in [0.15, 0.2) is 0 Å². The highest BCUT2D eigenvalue weighted by molar-refractivity contribution is 7.12. The fourth-order valence-electron chi connectivity index (χ4n) is 2.78. The SMILES string of the molecule is Cc1cnc([C@H]2CCCN2C(=O)Cc2ccc(C)s2)[nH]1. The first-order valence-electron chi connectivity index (χ1n) is 7.00. The highest BCUT2D eigenvalue weighted by Crippen LogP contribution is 2.31. The predicted octanol–water partition coefficient (Wildman–Crippen LogP) is 2.99. The van der Waals surface area contributed by atoms with Gasteiger partial charge in [-0.3, -0.25) is 4.79 Å². The van der Waals surface area contributed by atoms with E-state index in [2.05, 4.69) is 29.0 Å². The lowest BCUT2D eigenvalue weighted by Crippen LogP contribution is -2.32. The number of amides is 1. The van der Waals surface area contributed by atoms with E-state index in [-0.39, 0.29) is 11.9 Å². The molecule has 3 heterocycles. The molecule has 1 saturated heterocycles. The number of thiophene rings is 1. The van der Waals surface area contributed by atoms with Gasteiger partial charge >= 0.3 is 0 Å². The van der Waals surface area contributed by atoms with E-state index in [1.165, 1.54) is 4.88 Å². The highest BCUT2D eigenvalue weighted by atomic mass is 32.1. The Labute approximate surface area is 122 Å². The van der Waals surface area contributed by atoms with Gasteiger partial charge in [0.25, 0.3) is 0 Å². The summed E-state index contributed by atoms with van der Waals surface area (Å²) in [6, 6.07) is 4.25. The first-order valence-corrected chi connectivity index (χ1v) is 7.81. The van der Waals surface area contributed by atoms with Crippen LogP contribution in [-0.2, 0) is 11.2 Å². The lowest BCUT2D eigenvalue weighted by atomic mass is 10.2. The number of nitrogens with one attached hydrogen (secondary N) is 1. The second kappa shape index (κ2) is 5.40. The minimum atomic E-state index is 0.122. The summed E-state index contributed by atoms with van der Waals surface area (Å²) in [4.78, 5) is 24.6. The topological polar surface area (TPSA) is 49.0 Å². The van der Waals surface area contributed by atoms with Gasteiger partial charge in [-0.05, 0) is 38.8 Å². The molecule has 0 aliphatic carbocycles. The zero-order valence-corrected chi connectivity index (χ0v) is 12.7. The van der Waals surface area contributed by atoms with Crippen LogP contribution >= 0.6 is 11.3 Å². The number of likely N-dealkylation sites (tertiary alicyclic amines) is 1. The van der Waals surface area contributed by atoms with Crippen molar-refractivity contribution < 1.29 is 4.79 Å². The molecule has 5 heteroatoms. The van der Waals surface area contributed by atoms with Crippen LogP contribution in [0.15, 0.2) is 18.3 Å². The third-order valence-corrected chi connectivity index (χ3v) is 4.73. The maximum Gasteiger partial charge on any atom is 0.228 e. The number of aromatic nitrogens is 2. The van der Waals surface area contributed by atoms with E-state index in [0.29, 0.717) is 6.42 Å². The summed E-state index contributed by atoms with van der Waals surface area (Å²) in [7, 11) is 0. The minimum Gasteiger partial charge on any atom is -0.344 e. The van der Waals surface area contributed by atoms with E-state index in [9.17, 15) is 4.79 Å². The standard InChI is InChI=1S/C15H19N3OS/c1-10-9-16-15(17-10)13-4-3-7-18(13)14(19)8-12-6-5-11(2)20-12/h5-6,9,13H,3-4,7-8H2,1-2H3,(H,16,17)/t13-/m1/s1. The number of rotatable bonds is 3. The minimum absolute atomic E-state index is 0.122. The van der Waals surface area contributed by atoms with Crippen LogP contribution in [0.1, 0.15) is 40.2 Å². The summed E-state index contributed by atoms with van der Waals surface area (Å²) in [5.41, 5.74) is 1.05. The summed E-state index contributed by atoms with van der Waals surface area (Å²) in [6.07, 6.45) is 4.40. The first-order chi connectivity index (χ1) is 9.63. The molecule has 4 nitrogen and oxygen atoms in total. The Balaban J connectivity index is 1.73. The number of carbonyl (C=O) groups is 1. The van der Waals surface area contributed by atoms with E-state index in [4.69, 9.17) is 0 Å². The summed E-state index contributed by atoms with van der Waals surface area (Å²) in [5.74, 6) is 1.14. The average molecular weight is 289 g/mol. The molecule has 3 rings (SSSR count). The maximum absolute atomic E-state index is 12.5. The quantitative estimate of drug-likeness (QED) is 0.944. The Morgan fingerprint density at radius 2 is 2.35 bits per heavy atom. The normalized spacial score (nSPS) is 18.7. The van der Waals surface area contributed by atoms with Crippen molar-refractivity contribution in [1.82, 2.24) is 14.9 Å². The maximum atomic E-state index is 12.5. The molecule has 106 valence electrons. The van der Waals surface area contributed by atoms with Gasteiger partial charge in [0.05, 0.1) is 12.5 Å². The third kappa shape index (κ3) is 2.63. The second-order valence-electron chi connectivity index (χ2n) is 5.39. The largest absolute Gasteiger partial charge is 0.344 e. The zero-order chi connectivity index (χ0) is 14.1. The molecule has 0 aromatic carbocycles. The van der Waals surface area contributed by atoms with Gasteiger partial charge in [0.2, 0.25) is 5.91 Å². The smallest absolute Gasteiger partial charge is 0.228 e. The molecule has 1 atom stereocenters. The summed E-state index contributed by atoms with van der Waals surface area (Å²) < 4.78 is 0. The molecule has 0 saturated carbocycles. The highest BCUT2D eigenvalue weighted by Gasteiger charge is 2.31. The Bertz CT molecular complexity index is 616. The number of aromatic amines is 1. The number of aryl methyl sites for hydroxylation is 2. The Morgan fingerprint density at radius 3 is 3.00 bits per heavy atom. The van der Waals surface area contributed by atoms with E-state index in [1.54, 1.807) is 11.3 Å². The molecule has 1 N–H and O–H groups in total. The number of hydrogen-bond donors (Lipinski definition) is 1. The van der Waals surface area contributed by atoms with Gasteiger partial charge in [-0.1, -0.05) is 0 Å². The number of nitrogens with zero attached hydrogens (tertiary/aromatic N) is 2. The van der Waals surface area contributed by atoms with Crippen molar-refractivity contribution in [3.63, 3.8) is 0 Å². The lowest BCUT2D eigenvalue weighted by Gasteiger charge is -2.23. The molecular weight excluding hydrogens is 270 g/mol. The van der Waals surface area contributed by atoms with Gasteiger partial charge < -0.3 is 9.88 Å². The number of imidazole rings is 1. The van der Waals surface area contributed by atoms with Gasteiger partial charge in [-0.2, -0.15) is 0 Å². The van der Waals surface area contributed by atoms with Crippen LogP contribution in [0.5, 0.6) is 0 Å². The Hall–Kier alpha value is -1.62. The zero-order valence-electron chi connectivity index (χ0n) is 11.8. The van der Waals surface area contributed by atoms with Crippen LogP contribution in [0.4, 0.5) is 0 Å². The van der Waals surface area contributed by atoms with E-state index >= 15 is 0 Å². The molecule has 1 aliphatic heterocycles. The molecule has 1 fully saturated rings. The molecule has 0 unspecified atom stereocenters. The molecular formula is C15H19N3OS. The van der Waals surface area contributed by atoms with Gasteiger partial charge in [-0.25, -0.2) is 4.98 Å². The molecule has 0 bridgehead atoms. The van der Waals surface area contributed by atoms with Crippen molar-refractivity contribution in [2.75, 3.05) is 6.54 Å². The average Bonchev–Trinajstić information content (AvgIpc) is 3.09. The van der Waals surface area contributed by atoms with Crippen LogP contribution < -0.4 is 0 Å². The Kier molecular flexibility index (Phi) is 3.61. The van der Waals surface area contributed by atoms with Crippen LogP contribution in [0, 0.1) is 13.8 Å². The molecule has 0 spiro atoms. The van der Waals surface area contributed by atoms with Gasteiger partial charge in [0.1, 0.15) is 5.82 Å². The van der Waals surface area contributed by atoms with Crippen molar-refractivity contribution >= 4 is 17.2 Å². The molecule has 2 aromatic rings. The van der Waals surface area contributed by atoms with Crippen LogP contribution in [0.25, 0.3) is 0 Å². The molecule has 2 aromatic heterocycles. The monoisotopic (exact) mass is 289 g/mol. The summed E-state index contributed by atoms with van der Waals surface area (Å²) in [6.45, 7) is 4.91. The molecule has 0 radical (unpaired) electrons. The number of hydrogen-bond acceptors (Lipinski definition) is 3. The van der Waals surface area contributed by atoms with Gasteiger partial charge in [-0.15, -0.1) is 11.3 Å². The third-order valence-electron chi connectivity index (χ3n) is 3.73. The van der Waals surface area contributed by atoms with E-state index < -0.39 is 0 Å². The van der Waals surface area contributed by atoms with Crippen molar-refractivity contribution in [3.05, 3.63) is 39.6 Å².